The minimum Gasteiger partial charge on any atom is -0.365 e. The van der Waals surface area contributed by atoms with Crippen molar-refractivity contribution in [3.8, 4) is 11.3 Å². The molecule has 1 aromatic heterocycles. The van der Waals surface area contributed by atoms with E-state index in [0.717, 1.165) is 6.07 Å². The molecule has 6 nitrogen and oxygen atoms in total. The highest BCUT2D eigenvalue weighted by Crippen LogP contribution is 2.27. The number of benzene rings is 1. The van der Waals surface area contributed by atoms with E-state index in [9.17, 15) is 18.4 Å². The van der Waals surface area contributed by atoms with Gasteiger partial charge in [-0.15, -0.1) is 0 Å². The number of urea groups is 1. The second-order valence-corrected chi connectivity index (χ2v) is 3.95. The smallest absolute Gasteiger partial charge is 0.317 e. The van der Waals surface area contributed by atoms with Crippen LogP contribution in [0.1, 0.15) is 10.4 Å². The number of rotatable bonds is 3. The number of aromatic nitrogens is 1. The maximum absolute atomic E-state index is 13.7. The van der Waals surface area contributed by atoms with E-state index in [0.29, 0.717) is 6.07 Å². The molecule has 8 heteroatoms. The molecular weight excluding hydrogens is 270 g/mol. The van der Waals surface area contributed by atoms with Crippen LogP contribution < -0.4 is 16.8 Å². The summed E-state index contributed by atoms with van der Waals surface area (Å²) in [4.78, 5) is 24.7. The first-order valence-corrected chi connectivity index (χ1v) is 5.43. The van der Waals surface area contributed by atoms with E-state index in [1.807, 2.05) is 0 Å². The van der Waals surface area contributed by atoms with E-state index >= 15 is 0 Å². The first-order chi connectivity index (χ1) is 9.38. The summed E-state index contributed by atoms with van der Waals surface area (Å²) in [7, 11) is 0. The lowest BCUT2D eigenvalue weighted by molar-refractivity contribution is 0.100. The number of halogens is 2. The Morgan fingerprint density at radius 2 is 1.85 bits per heavy atom. The Kier molecular flexibility index (Phi) is 3.38. The predicted octanol–water partition coefficient (Wildman–Crippen LogP) is 1.55. The molecule has 6 N–H and O–H groups in total. The first-order valence-electron chi connectivity index (χ1n) is 5.43. The summed E-state index contributed by atoms with van der Waals surface area (Å²) < 4.78 is 26.5. The fourth-order valence-electron chi connectivity index (χ4n) is 1.72. The summed E-state index contributed by atoms with van der Waals surface area (Å²) in [6, 6.07) is 3.27. The standard InChI is InChI=1S/C12H10F2N4O2/c13-5-1-2-6(8(14)3-5)9-4-7(10(15)19)11(17-9)18-12(16)20/h1-4,17H,(H2,15,19)(H3,16,18,20). The van der Waals surface area contributed by atoms with Gasteiger partial charge in [0.1, 0.15) is 17.5 Å². The molecule has 0 aliphatic carbocycles. The lowest BCUT2D eigenvalue weighted by atomic mass is 10.1. The molecular formula is C12H10F2N4O2. The molecule has 0 spiro atoms. The number of carbonyl (C=O) groups excluding carboxylic acids is 2. The molecule has 2 aromatic rings. The van der Waals surface area contributed by atoms with Crippen LogP contribution in [-0.2, 0) is 0 Å². The summed E-state index contributed by atoms with van der Waals surface area (Å²) in [5.74, 6) is -2.45. The van der Waals surface area contributed by atoms with Crippen LogP contribution in [0.4, 0.5) is 19.4 Å². The van der Waals surface area contributed by atoms with E-state index in [4.69, 9.17) is 11.5 Å². The van der Waals surface area contributed by atoms with Crippen molar-refractivity contribution in [3.63, 3.8) is 0 Å². The molecule has 1 heterocycles. The van der Waals surface area contributed by atoms with E-state index in [1.54, 1.807) is 0 Å². The molecule has 0 aliphatic heterocycles. The second-order valence-electron chi connectivity index (χ2n) is 3.95. The molecule has 0 saturated heterocycles. The molecule has 0 bridgehead atoms. The number of primary amides is 2. The van der Waals surface area contributed by atoms with Crippen LogP contribution in [0.3, 0.4) is 0 Å². The van der Waals surface area contributed by atoms with Gasteiger partial charge in [-0.3, -0.25) is 10.1 Å². The average Bonchev–Trinajstić information content (AvgIpc) is 2.71. The van der Waals surface area contributed by atoms with Gasteiger partial charge < -0.3 is 16.5 Å². The quantitative estimate of drug-likeness (QED) is 0.683. The van der Waals surface area contributed by atoms with Gasteiger partial charge in [0, 0.05) is 11.6 Å². The lowest BCUT2D eigenvalue weighted by Crippen LogP contribution is -2.22. The molecule has 0 unspecified atom stereocenters. The van der Waals surface area contributed by atoms with Gasteiger partial charge in [0.25, 0.3) is 5.91 Å². The first kappa shape index (κ1) is 13.5. The number of hydrogen-bond acceptors (Lipinski definition) is 2. The zero-order valence-corrected chi connectivity index (χ0v) is 10.0. The minimum atomic E-state index is -0.916. The van der Waals surface area contributed by atoms with Crippen molar-refractivity contribution in [3.05, 3.63) is 41.5 Å². The Morgan fingerprint density at radius 1 is 1.15 bits per heavy atom. The van der Waals surface area contributed by atoms with Crippen molar-refractivity contribution < 1.29 is 18.4 Å². The number of amides is 3. The maximum Gasteiger partial charge on any atom is 0.317 e. The SMILES string of the molecule is NC(=O)Nc1[nH]c(-c2ccc(F)cc2F)cc1C(N)=O. The molecule has 0 atom stereocenters. The zero-order chi connectivity index (χ0) is 14.9. The Morgan fingerprint density at radius 3 is 2.40 bits per heavy atom. The zero-order valence-electron chi connectivity index (χ0n) is 10.0. The van der Waals surface area contributed by atoms with Crippen molar-refractivity contribution in [1.29, 1.82) is 0 Å². The molecule has 3 amide bonds. The monoisotopic (exact) mass is 280 g/mol. The van der Waals surface area contributed by atoms with Crippen LogP contribution in [-0.4, -0.2) is 16.9 Å². The van der Waals surface area contributed by atoms with Crippen LogP contribution in [0.25, 0.3) is 11.3 Å². The molecule has 0 saturated carbocycles. The van der Waals surface area contributed by atoms with Gasteiger partial charge in [-0.1, -0.05) is 0 Å². The van der Waals surface area contributed by atoms with Crippen molar-refractivity contribution in [2.45, 2.75) is 0 Å². The Bertz CT molecular complexity index is 697. The van der Waals surface area contributed by atoms with Crippen molar-refractivity contribution in [2.24, 2.45) is 11.5 Å². The van der Waals surface area contributed by atoms with Gasteiger partial charge >= 0.3 is 6.03 Å². The molecule has 2 rings (SSSR count). The number of anilines is 1. The third-order valence-corrected chi connectivity index (χ3v) is 2.55. The average molecular weight is 280 g/mol. The number of carbonyl (C=O) groups is 2. The van der Waals surface area contributed by atoms with Gasteiger partial charge in [0.05, 0.1) is 11.3 Å². The van der Waals surface area contributed by atoms with E-state index in [2.05, 4.69) is 10.3 Å². The number of nitrogens with one attached hydrogen (secondary N) is 2. The topological polar surface area (TPSA) is 114 Å². The highest BCUT2D eigenvalue weighted by atomic mass is 19.1. The minimum absolute atomic E-state index is 0.0198. The molecule has 104 valence electrons. The molecule has 0 fully saturated rings. The summed E-state index contributed by atoms with van der Waals surface area (Å²) in [5, 5.41) is 2.16. The van der Waals surface area contributed by atoms with Crippen molar-refractivity contribution in [1.82, 2.24) is 4.98 Å². The van der Waals surface area contributed by atoms with E-state index in [-0.39, 0.29) is 22.6 Å². The summed E-state index contributed by atoms with van der Waals surface area (Å²) in [6.07, 6.45) is 0. The van der Waals surface area contributed by atoms with Gasteiger partial charge in [-0.25, -0.2) is 13.6 Å². The number of aromatic amines is 1. The largest absolute Gasteiger partial charge is 0.365 e. The normalized spacial score (nSPS) is 10.3. The summed E-state index contributed by atoms with van der Waals surface area (Å²) in [6.45, 7) is 0. The fraction of sp³-hybridized carbons (Fsp3) is 0. The van der Waals surface area contributed by atoms with Crippen molar-refractivity contribution in [2.75, 3.05) is 5.32 Å². The van der Waals surface area contributed by atoms with Crippen LogP contribution in [0, 0.1) is 11.6 Å². The molecule has 1 aromatic carbocycles. The fourth-order valence-corrected chi connectivity index (χ4v) is 1.72. The van der Waals surface area contributed by atoms with Crippen molar-refractivity contribution >= 4 is 17.8 Å². The molecule has 0 aliphatic rings. The Hall–Kier alpha value is -2.90. The summed E-state index contributed by atoms with van der Waals surface area (Å²) in [5.41, 5.74) is 10.2. The third-order valence-electron chi connectivity index (χ3n) is 2.55. The lowest BCUT2D eigenvalue weighted by Gasteiger charge is -2.01. The Balaban J connectivity index is 2.52. The highest BCUT2D eigenvalue weighted by Gasteiger charge is 2.17. The second kappa shape index (κ2) is 5.00. The third kappa shape index (κ3) is 2.58. The van der Waals surface area contributed by atoms with Crippen LogP contribution in [0.5, 0.6) is 0 Å². The van der Waals surface area contributed by atoms with Gasteiger partial charge in [0.15, 0.2) is 0 Å². The molecule has 0 radical (unpaired) electrons. The van der Waals surface area contributed by atoms with Crippen LogP contribution in [0.15, 0.2) is 24.3 Å². The van der Waals surface area contributed by atoms with E-state index < -0.39 is 23.6 Å². The van der Waals surface area contributed by atoms with E-state index in [1.165, 1.54) is 12.1 Å². The maximum atomic E-state index is 13.7. The van der Waals surface area contributed by atoms with Crippen LogP contribution in [0.2, 0.25) is 0 Å². The Labute approximate surface area is 111 Å². The number of nitrogens with two attached hydrogens (primary N) is 2. The van der Waals surface area contributed by atoms with Crippen LogP contribution >= 0.6 is 0 Å². The van der Waals surface area contributed by atoms with Gasteiger partial charge in [0.2, 0.25) is 0 Å². The number of H-pyrrole nitrogens is 1. The number of hydrogen-bond donors (Lipinski definition) is 4. The predicted molar refractivity (Wildman–Crippen MR) is 67.9 cm³/mol. The highest BCUT2D eigenvalue weighted by molar-refractivity contribution is 6.03. The van der Waals surface area contributed by atoms with Gasteiger partial charge in [-0.05, 0) is 18.2 Å². The summed E-state index contributed by atoms with van der Waals surface area (Å²) >= 11 is 0. The van der Waals surface area contributed by atoms with Gasteiger partial charge in [-0.2, -0.15) is 0 Å². The molecule has 20 heavy (non-hydrogen) atoms.